The van der Waals surface area contributed by atoms with E-state index >= 15 is 0 Å². The molecule has 0 fully saturated rings. The molecule has 0 radical (unpaired) electrons. The van der Waals surface area contributed by atoms with E-state index in [2.05, 4.69) is 5.32 Å². The molecule has 0 heterocycles. The first kappa shape index (κ1) is 15.2. The fourth-order valence-corrected chi connectivity index (χ4v) is 1.64. The standard InChI is InChI=1S/C16H11FN2O3/c17-13-3-1-2-4-14(13)19-15(20)10-22-16(21)12-7-5-11(9-18)6-8-12/h1-8H,10H2,(H,19,20). The van der Waals surface area contributed by atoms with Crippen LogP contribution in [0.15, 0.2) is 48.5 Å². The Bertz CT molecular complexity index is 736. The molecule has 1 N–H and O–H groups in total. The molecule has 1 amide bonds. The van der Waals surface area contributed by atoms with Gasteiger partial charge in [-0.3, -0.25) is 4.79 Å². The van der Waals surface area contributed by atoms with Crippen LogP contribution in [0.25, 0.3) is 0 Å². The minimum Gasteiger partial charge on any atom is -0.452 e. The molecule has 0 atom stereocenters. The minimum atomic E-state index is -0.701. The monoisotopic (exact) mass is 298 g/mol. The molecule has 2 aromatic carbocycles. The lowest BCUT2D eigenvalue weighted by molar-refractivity contribution is -0.119. The number of anilines is 1. The molecule has 5 nitrogen and oxygen atoms in total. The van der Waals surface area contributed by atoms with Gasteiger partial charge in [0, 0.05) is 0 Å². The smallest absolute Gasteiger partial charge is 0.338 e. The highest BCUT2D eigenvalue weighted by Crippen LogP contribution is 2.12. The van der Waals surface area contributed by atoms with Crippen LogP contribution < -0.4 is 5.32 Å². The molecule has 0 aliphatic heterocycles. The van der Waals surface area contributed by atoms with Gasteiger partial charge in [-0.2, -0.15) is 5.26 Å². The maximum absolute atomic E-state index is 13.3. The summed E-state index contributed by atoms with van der Waals surface area (Å²) in [6.45, 7) is -0.535. The summed E-state index contributed by atoms with van der Waals surface area (Å²) in [7, 11) is 0. The van der Waals surface area contributed by atoms with E-state index in [-0.39, 0.29) is 11.3 Å². The van der Waals surface area contributed by atoms with Gasteiger partial charge < -0.3 is 10.1 Å². The largest absolute Gasteiger partial charge is 0.452 e. The summed E-state index contributed by atoms with van der Waals surface area (Å²) in [5.74, 6) is -1.92. The van der Waals surface area contributed by atoms with Gasteiger partial charge in [0.2, 0.25) is 0 Å². The van der Waals surface area contributed by atoms with Crippen LogP contribution in [0.1, 0.15) is 15.9 Å². The van der Waals surface area contributed by atoms with Crippen LogP contribution in [0.4, 0.5) is 10.1 Å². The number of nitrogens with zero attached hydrogens (tertiary/aromatic N) is 1. The van der Waals surface area contributed by atoms with E-state index in [9.17, 15) is 14.0 Å². The number of carbonyl (C=O) groups is 2. The molecule has 0 unspecified atom stereocenters. The van der Waals surface area contributed by atoms with Gasteiger partial charge in [0.1, 0.15) is 5.82 Å². The van der Waals surface area contributed by atoms with E-state index in [0.717, 1.165) is 0 Å². The Labute approximate surface area is 125 Å². The number of nitrogens with one attached hydrogen (secondary N) is 1. The topological polar surface area (TPSA) is 79.2 Å². The van der Waals surface area contributed by atoms with Gasteiger partial charge in [0.25, 0.3) is 5.91 Å². The van der Waals surface area contributed by atoms with Gasteiger partial charge in [-0.15, -0.1) is 0 Å². The molecule has 0 aliphatic carbocycles. The van der Waals surface area contributed by atoms with Crippen LogP contribution in [0.2, 0.25) is 0 Å². The maximum Gasteiger partial charge on any atom is 0.338 e. The average molecular weight is 298 g/mol. The number of para-hydroxylation sites is 1. The van der Waals surface area contributed by atoms with Crippen LogP contribution in [0, 0.1) is 17.1 Å². The Morgan fingerprint density at radius 3 is 2.45 bits per heavy atom. The van der Waals surface area contributed by atoms with E-state index in [0.29, 0.717) is 5.56 Å². The lowest BCUT2D eigenvalue weighted by Gasteiger charge is -2.07. The van der Waals surface area contributed by atoms with Crippen molar-refractivity contribution >= 4 is 17.6 Å². The maximum atomic E-state index is 13.3. The number of esters is 1. The fraction of sp³-hybridized carbons (Fsp3) is 0.0625. The Morgan fingerprint density at radius 2 is 1.82 bits per heavy atom. The number of rotatable bonds is 4. The summed E-state index contributed by atoms with van der Waals surface area (Å²) in [5, 5.41) is 11.0. The molecular weight excluding hydrogens is 287 g/mol. The van der Waals surface area contributed by atoms with E-state index in [1.165, 1.54) is 42.5 Å². The molecule has 2 rings (SSSR count). The minimum absolute atomic E-state index is 0.0157. The second-order valence-electron chi connectivity index (χ2n) is 4.29. The third kappa shape index (κ3) is 3.90. The summed E-state index contributed by atoms with van der Waals surface area (Å²) < 4.78 is 18.2. The van der Waals surface area contributed by atoms with Gasteiger partial charge in [-0.1, -0.05) is 12.1 Å². The predicted octanol–water partition coefficient (Wildman–Crippen LogP) is 2.49. The average Bonchev–Trinajstić information content (AvgIpc) is 2.55. The van der Waals surface area contributed by atoms with Crippen molar-refractivity contribution in [3.05, 3.63) is 65.5 Å². The fourth-order valence-electron chi connectivity index (χ4n) is 1.64. The van der Waals surface area contributed by atoms with Crippen LogP contribution in [0.3, 0.4) is 0 Å². The van der Waals surface area contributed by atoms with Crippen LogP contribution >= 0.6 is 0 Å². The number of hydrogen-bond donors (Lipinski definition) is 1. The molecule has 0 saturated carbocycles. The normalized spacial score (nSPS) is 9.64. The molecular formula is C16H11FN2O3. The Hall–Kier alpha value is -3.20. The van der Waals surface area contributed by atoms with Crippen molar-refractivity contribution in [3.63, 3.8) is 0 Å². The molecule has 110 valence electrons. The molecule has 6 heteroatoms. The highest BCUT2D eigenvalue weighted by molar-refractivity contribution is 5.95. The van der Waals surface area contributed by atoms with E-state index in [4.69, 9.17) is 10.00 Å². The summed E-state index contributed by atoms with van der Waals surface area (Å²) in [6.07, 6.45) is 0. The second kappa shape index (κ2) is 6.99. The van der Waals surface area contributed by atoms with Crippen LogP contribution in [0.5, 0.6) is 0 Å². The molecule has 2 aromatic rings. The van der Waals surface area contributed by atoms with Gasteiger partial charge in [-0.05, 0) is 36.4 Å². The lowest BCUT2D eigenvalue weighted by atomic mass is 10.1. The first-order valence-electron chi connectivity index (χ1n) is 6.32. The summed E-state index contributed by atoms with van der Waals surface area (Å²) in [4.78, 5) is 23.3. The zero-order chi connectivity index (χ0) is 15.9. The SMILES string of the molecule is N#Cc1ccc(C(=O)OCC(=O)Nc2ccccc2F)cc1. The number of carbonyl (C=O) groups excluding carboxylic acids is 2. The van der Waals surface area contributed by atoms with Crippen molar-refractivity contribution in [2.75, 3.05) is 11.9 Å². The second-order valence-corrected chi connectivity index (χ2v) is 4.29. The molecule has 22 heavy (non-hydrogen) atoms. The first-order chi connectivity index (χ1) is 10.6. The third-order valence-corrected chi connectivity index (χ3v) is 2.73. The number of amides is 1. The number of halogens is 1. The van der Waals surface area contributed by atoms with E-state index in [1.54, 1.807) is 6.07 Å². The van der Waals surface area contributed by atoms with Crippen molar-refractivity contribution in [2.24, 2.45) is 0 Å². The van der Waals surface area contributed by atoms with Crippen molar-refractivity contribution in [2.45, 2.75) is 0 Å². The highest BCUT2D eigenvalue weighted by atomic mass is 19.1. The zero-order valence-electron chi connectivity index (χ0n) is 11.4. The molecule has 0 spiro atoms. The number of benzene rings is 2. The number of nitriles is 1. The van der Waals surface area contributed by atoms with Gasteiger partial charge in [0.15, 0.2) is 6.61 Å². The van der Waals surface area contributed by atoms with E-state index in [1.807, 2.05) is 6.07 Å². The Kier molecular flexibility index (Phi) is 4.83. The lowest BCUT2D eigenvalue weighted by Crippen LogP contribution is -2.21. The molecule has 0 bridgehead atoms. The van der Waals surface area contributed by atoms with Crippen molar-refractivity contribution in [3.8, 4) is 6.07 Å². The van der Waals surface area contributed by atoms with Gasteiger partial charge >= 0.3 is 5.97 Å². The summed E-state index contributed by atoms with van der Waals surface area (Å²) in [5.41, 5.74) is 0.647. The Balaban J connectivity index is 1.89. The quantitative estimate of drug-likeness (QED) is 0.879. The molecule has 0 aliphatic rings. The van der Waals surface area contributed by atoms with Gasteiger partial charge in [-0.25, -0.2) is 9.18 Å². The molecule has 0 saturated heterocycles. The first-order valence-corrected chi connectivity index (χ1v) is 6.32. The highest BCUT2D eigenvalue weighted by Gasteiger charge is 2.11. The number of hydrogen-bond acceptors (Lipinski definition) is 4. The predicted molar refractivity (Wildman–Crippen MR) is 76.5 cm³/mol. The third-order valence-electron chi connectivity index (χ3n) is 2.73. The van der Waals surface area contributed by atoms with Crippen LogP contribution in [-0.4, -0.2) is 18.5 Å². The number of ether oxygens (including phenoxy) is 1. The Morgan fingerprint density at radius 1 is 1.14 bits per heavy atom. The van der Waals surface area contributed by atoms with Crippen molar-refractivity contribution in [1.82, 2.24) is 0 Å². The van der Waals surface area contributed by atoms with Gasteiger partial charge in [0.05, 0.1) is 22.9 Å². The van der Waals surface area contributed by atoms with Crippen molar-refractivity contribution in [1.29, 1.82) is 5.26 Å². The molecule has 0 aromatic heterocycles. The summed E-state index contributed by atoms with van der Waals surface area (Å²) >= 11 is 0. The van der Waals surface area contributed by atoms with Crippen molar-refractivity contribution < 1.29 is 18.7 Å². The van der Waals surface area contributed by atoms with Crippen LogP contribution in [-0.2, 0) is 9.53 Å². The summed E-state index contributed by atoms with van der Waals surface area (Å²) in [6, 6.07) is 13.4. The van der Waals surface area contributed by atoms with E-state index < -0.39 is 24.3 Å². The zero-order valence-corrected chi connectivity index (χ0v) is 11.4.